The van der Waals surface area contributed by atoms with E-state index in [0.29, 0.717) is 0 Å². The minimum absolute atomic E-state index is 0.865. The van der Waals surface area contributed by atoms with Crippen molar-refractivity contribution in [2.24, 2.45) is 0 Å². The zero-order chi connectivity index (χ0) is 35.6. The van der Waals surface area contributed by atoms with Crippen LogP contribution < -0.4 is 11.5 Å². The maximum absolute atomic E-state index is 6.00. The Hall–Kier alpha value is -3.52. The summed E-state index contributed by atoms with van der Waals surface area (Å²) >= 11 is 0. The molecule has 4 N–H and O–H groups in total. The Morgan fingerprint density at radius 2 is 0.540 bits per heavy atom. The fourth-order valence-electron chi connectivity index (χ4n) is 7.80. The zero-order valence-electron chi connectivity index (χ0n) is 32.2. The maximum Gasteiger partial charge on any atom is 0.0319 e. The molecule has 0 aromatic heterocycles. The molecular weight excluding hydrogens is 605 g/mol. The number of aryl methyl sites for hydroxylation is 6. The van der Waals surface area contributed by atoms with Crippen molar-refractivity contribution in [1.29, 1.82) is 0 Å². The number of hydrogen-bond donors (Lipinski definition) is 2. The molecule has 0 unspecified atom stereocenters. The quantitative estimate of drug-likeness (QED) is 0.0608. The molecule has 0 saturated carbocycles. The Kier molecular flexibility index (Phi) is 17.0. The van der Waals surface area contributed by atoms with Crippen molar-refractivity contribution in [1.82, 2.24) is 0 Å². The van der Waals surface area contributed by atoms with Crippen LogP contribution in [0.15, 0.2) is 72.8 Å². The van der Waals surface area contributed by atoms with Gasteiger partial charge < -0.3 is 11.5 Å². The third-order valence-corrected chi connectivity index (χ3v) is 10.9. The molecule has 4 rings (SSSR count). The predicted molar refractivity (Wildman–Crippen MR) is 220 cm³/mol. The SMILES string of the molecule is Cc1cc(N)cc(C)c1Cc1ccc(CCCCCCCCCCCCCCCCCCc2ccc(Cc3c(C)cc(N)cc3C)cc2)cc1. The molecule has 0 bridgehead atoms. The van der Waals surface area contributed by atoms with Gasteiger partial charge in [-0.3, -0.25) is 0 Å². The summed E-state index contributed by atoms with van der Waals surface area (Å²) in [5, 5.41) is 0. The molecule has 2 nitrogen and oxygen atoms in total. The Morgan fingerprint density at radius 1 is 0.320 bits per heavy atom. The van der Waals surface area contributed by atoms with Gasteiger partial charge in [0.05, 0.1) is 0 Å². The van der Waals surface area contributed by atoms with Crippen LogP contribution in [0.25, 0.3) is 0 Å². The van der Waals surface area contributed by atoms with Crippen LogP contribution in [0, 0.1) is 27.7 Å². The first kappa shape index (κ1) is 39.3. The van der Waals surface area contributed by atoms with Gasteiger partial charge in [-0.1, -0.05) is 138 Å². The molecular formula is C48H68N2. The van der Waals surface area contributed by atoms with Crippen molar-refractivity contribution >= 4 is 11.4 Å². The van der Waals surface area contributed by atoms with Gasteiger partial charge in [-0.15, -0.1) is 0 Å². The second-order valence-electron chi connectivity index (χ2n) is 15.4. The Labute approximate surface area is 306 Å². The third kappa shape index (κ3) is 14.0. The fourth-order valence-corrected chi connectivity index (χ4v) is 7.80. The van der Waals surface area contributed by atoms with E-state index in [0.717, 1.165) is 24.2 Å². The van der Waals surface area contributed by atoms with Crippen LogP contribution in [-0.2, 0) is 25.7 Å². The largest absolute Gasteiger partial charge is 0.399 e. The smallest absolute Gasteiger partial charge is 0.0319 e. The molecule has 0 heterocycles. The molecule has 0 spiro atoms. The highest BCUT2D eigenvalue weighted by molar-refractivity contribution is 5.51. The lowest BCUT2D eigenvalue weighted by Crippen LogP contribution is -1.98. The molecule has 0 aliphatic rings. The number of hydrogen-bond acceptors (Lipinski definition) is 2. The molecule has 0 amide bonds. The normalized spacial score (nSPS) is 11.4. The molecule has 270 valence electrons. The van der Waals surface area contributed by atoms with Crippen molar-refractivity contribution in [3.05, 3.63) is 128 Å². The third-order valence-electron chi connectivity index (χ3n) is 10.9. The van der Waals surface area contributed by atoms with Crippen LogP contribution in [0.5, 0.6) is 0 Å². The van der Waals surface area contributed by atoms with Gasteiger partial charge in [0.1, 0.15) is 0 Å². The second kappa shape index (κ2) is 21.6. The standard InChI is InChI=1S/C48H68N2/c1-37-31-45(49)32-38(2)47(37)35-43-27-23-41(24-28-43)21-19-17-15-13-11-9-7-5-6-8-10-12-14-16-18-20-22-42-25-29-44(30-26-42)36-48-39(3)33-46(50)34-40(48)4/h23-34H,5-22,35-36,49-50H2,1-4H3. The second-order valence-corrected chi connectivity index (χ2v) is 15.4. The van der Waals surface area contributed by atoms with Crippen LogP contribution in [0.2, 0.25) is 0 Å². The first-order chi connectivity index (χ1) is 24.3. The molecule has 0 saturated heterocycles. The van der Waals surface area contributed by atoms with E-state index < -0.39 is 0 Å². The van der Waals surface area contributed by atoms with Crippen LogP contribution in [0.3, 0.4) is 0 Å². The van der Waals surface area contributed by atoms with Gasteiger partial charge in [-0.05, 0) is 146 Å². The number of rotatable bonds is 23. The maximum atomic E-state index is 6.00. The molecule has 0 radical (unpaired) electrons. The average Bonchev–Trinajstić information content (AvgIpc) is 3.08. The van der Waals surface area contributed by atoms with Crippen molar-refractivity contribution < 1.29 is 0 Å². The van der Waals surface area contributed by atoms with E-state index in [-0.39, 0.29) is 0 Å². The van der Waals surface area contributed by atoms with E-state index >= 15 is 0 Å². The average molecular weight is 673 g/mol. The van der Waals surface area contributed by atoms with E-state index in [1.165, 1.54) is 171 Å². The van der Waals surface area contributed by atoms with Gasteiger partial charge in [0.25, 0.3) is 0 Å². The zero-order valence-corrected chi connectivity index (χ0v) is 32.2. The molecule has 4 aromatic rings. The van der Waals surface area contributed by atoms with E-state index in [1.807, 2.05) is 0 Å². The van der Waals surface area contributed by atoms with Crippen LogP contribution >= 0.6 is 0 Å². The number of nitrogen functional groups attached to an aromatic ring is 2. The number of benzene rings is 4. The van der Waals surface area contributed by atoms with E-state index in [9.17, 15) is 0 Å². The topological polar surface area (TPSA) is 52.0 Å². The monoisotopic (exact) mass is 673 g/mol. The highest BCUT2D eigenvalue weighted by Gasteiger charge is 2.07. The highest BCUT2D eigenvalue weighted by atomic mass is 14.5. The number of nitrogens with two attached hydrogens (primary N) is 2. The van der Waals surface area contributed by atoms with Crippen LogP contribution in [0.4, 0.5) is 11.4 Å². The summed E-state index contributed by atoms with van der Waals surface area (Å²) in [5.74, 6) is 0. The summed E-state index contributed by atoms with van der Waals surface area (Å²) in [6, 6.07) is 27.0. The Bertz CT molecular complexity index is 1380. The molecule has 0 aliphatic carbocycles. The van der Waals surface area contributed by atoms with Crippen molar-refractivity contribution in [2.45, 2.75) is 156 Å². The summed E-state index contributed by atoms with van der Waals surface area (Å²) in [6.07, 6.45) is 26.8. The molecule has 4 aromatic carbocycles. The first-order valence-corrected chi connectivity index (χ1v) is 20.2. The van der Waals surface area contributed by atoms with Gasteiger partial charge in [-0.25, -0.2) is 0 Å². The Balaban J connectivity index is 0.907. The van der Waals surface area contributed by atoms with Gasteiger partial charge in [-0.2, -0.15) is 0 Å². The minimum Gasteiger partial charge on any atom is -0.399 e. The van der Waals surface area contributed by atoms with E-state index in [1.54, 1.807) is 0 Å². The van der Waals surface area contributed by atoms with Crippen molar-refractivity contribution in [3.63, 3.8) is 0 Å². The molecule has 0 fully saturated rings. The van der Waals surface area contributed by atoms with Crippen LogP contribution in [0.1, 0.15) is 158 Å². The van der Waals surface area contributed by atoms with Gasteiger partial charge in [0, 0.05) is 11.4 Å². The molecule has 2 heteroatoms. The molecule has 0 aliphatic heterocycles. The minimum atomic E-state index is 0.865. The van der Waals surface area contributed by atoms with Crippen molar-refractivity contribution in [3.8, 4) is 0 Å². The number of anilines is 2. The lowest BCUT2D eigenvalue weighted by atomic mass is 9.94. The molecule has 0 atom stereocenters. The van der Waals surface area contributed by atoms with Crippen molar-refractivity contribution in [2.75, 3.05) is 11.5 Å². The summed E-state index contributed by atoms with van der Waals surface area (Å²) in [7, 11) is 0. The number of unbranched alkanes of at least 4 members (excludes halogenated alkanes) is 15. The van der Waals surface area contributed by atoms with E-state index in [4.69, 9.17) is 11.5 Å². The predicted octanol–water partition coefficient (Wildman–Crippen LogP) is 13.3. The lowest BCUT2D eigenvalue weighted by Gasteiger charge is -2.12. The van der Waals surface area contributed by atoms with Gasteiger partial charge >= 0.3 is 0 Å². The van der Waals surface area contributed by atoms with E-state index in [2.05, 4.69) is 100 Å². The fraction of sp³-hybridized carbons (Fsp3) is 0.500. The van der Waals surface area contributed by atoms with Gasteiger partial charge in [0.2, 0.25) is 0 Å². The summed E-state index contributed by atoms with van der Waals surface area (Å²) in [5.41, 5.74) is 27.5. The summed E-state index contributed by atoms with van der Waals surface area (Å²) < 4.78 is 0. The summed E-state index contributed by atoms with van der Waals surface area (Å²) in [4.78, 5) is 0. The Morgan fingerprint density at radius 3 is 0.800 bits per heavy atom. The lowest BCUT2D eigenvalue weighted by molar-refractivity contribution is 0.528. The first-order valence-electron chi connectivity index (χ1n) is 20.2. The summed E-state index contributed by atoms with van der Waals surface area (Å²) in [6.45, 7) is 8.69. The molecule has 50 heavy (non-hydrogen) atoms. The van der Waals surface area contributed by atoms with Crippen LogP contribution in [-0.4, -0.2) is 0 Å². The van der Waals surface area contributed by atoms with Gasteiger partial charge in [0.15, 0.2) is 0 Å². The highest BCUT2D eigenvalue weighted by Crippen LogP contribution is 2.24.